The highest BCUT2D eigenvalue weighted by molar-refractivity contribution is 14.0. The van der Waals surface area contributed by atoms with Crippen LogP contribution < -0.4 is 10.6 Å². The van der Waals surface area contributed by atoms with E-state index in [4.69, 9.17) is 0 Å². The molecule has 0 aromatic heterocycles. The van der Waals surface area contributed by atoms with E-state index in [0.29, 0.717) is 24.5 Å². The maximum Gasteiger partial charge on any atom is 0.243 e. The zero-order valence-electron chi connectivity index (χ0n) is 13.7. The predicted molar refractivity (Wildman–Crippen MR) is 106 cm³/mol. The summed E-state index contributed by atoms with van der Waals surface area (Å²) in [6, 6.07) is 7.24. The number of halogens is 1. The highest BCUT2D eigenvalue weighted by atomic mass is 127. The minimum absolute atomic E-state index is 0. The standard InChI is InChI=1S/C16H24N4O2S.HI/c21-23(22,20-11-4-1-5-12-20)15-8-3-2-7-14(15)13-19-16-17-9-6-10-18-16;/h2-3,7-8H,1,4-6,9-13H2,(H2,17,18,19);1H. The number of sulfonamides is 1. The Morgan fingerprint density at radius 1 is 1.12 bits per heavy atom. The van der Waals surface area contributed by atoms with E-state index < -0.39 is 10.0 Å². The quantitative estimate of drug-likeness (QED) is 0.668. The fourth-order valence-corrected chi connectivity index (χ4v) is 4.71. The molecule has 1 aromatic rings. The maximum atomic E-state index is 12.9. The third-order valence-corrected chi connectivity index (χ3v) is 6.25. The van der Waals surface area contributed by atoms with Crippen molar-refractivity contribution in [1.82, 2.24) is 14.9 Å². The van der Waals surface area contributed by atoms with Crippen LogP contribution in [0.2, 0.25) is 0 Å². The second kappa shape index (κ2) is 9.00. The lowest BCUT2D eigenvalue weighted by Crippen LogP contribution is -2.41. The van der Waals surface area contributed by atoms with Crippen LogP contribution >= 0.6 is 24.0 Å². The van der Waals surface area contributed by atoms with E-state index in [2.05, 4.69) is 15.6 Å². The summed E-state index contributed by atoms with van der Waals surface area (Å²) >= 11 is 0. The molecule has 0 amide bonds. The molecule has 0 unspecified atom stereocenters. The molecule has 24 heavy (non-hydrogen) atoms. The third kappa shape index (κ3) is 4.60. The van der Waals surface area contributed by atoms with Crippen molar-refractivity contribution in [2.75, 3.05) is 26.2 Å². The van der Waals surface area contributed by atoms with Gasteiger partial charge in [0.25, 0.3) is 0 Å². The first kappa shape index (κ1) is 19.5. The van der Waals surface area contributed by atoms with E-state index in [0.717, 1.165) is 50.3 Å². The minimum atomic E-state index is -3.41. The van der Waals surface area contributed by atoms with Gasteiger partial charge in [-0.15, -0.1) is 24.0 Å². The summed E-state index contributed by atoms with van der Waals surface area (Å²) in [6.07, 6.45) is 4.03. The van der Waals surface area contributed by atoms with Crippen LogP contribution in [0.15, 0.2) is 34.2 Å². The van der Waals surface area contributed by atoms with E-state index in [1.165, 1.54) is 0 Å². The molecule has 0 spiro atoms. The van der Waals surface area contributed by atoms with E-state index in [1.807, 2.05) is 12.1 Å². The molecule has 0 aliphatic carbocycles. The smallest absolute Gasteiger partial charge is 0.243 e. The minimum Gasteiger partial charge on any atom is -0.356 e. The zero-order valence-corrected chi connectivity index (χ0v) is 16.8. The van der Waals surface area contributed by atoms with Crippen LogP contribution in [0.5, 0.6) is 0 Å². The molecular weight excluding hydrogens is 439 g/mol. The largest absolute Gasteiger partial charge is 0.356 e. The molecule has 2 aliphatic rings. The number of nitrogens with zero attached hydrogens (tertiary/aromatic N) is 2. The van der Waals surface area contributed by atoms with Gasteiger partial charge in [0.05, 0.1) is 4.90 Å². The Bertz CT molecular complexity index is 672. The normalized spacial score (nSPS) is 18.9. The summed E-state index contributed by atoms with van der Waals surface area (Å²) in [4.78, 5) is 4.77. The van der Waals surface area contributed by atoms with Gasteiger partial charge in [0, 0.05) is 32.7 Å². The van der Waals surface area contributed by atoms with Crippen molar-refractivity contribution in [2.24, 2.45) is 4.99 Å². The number of benzene rings is 1. The molecule has 1 aromatic carbocycles. The van der Waals surface area contributed by atoms with Crippen LogP contribution in [0.1, 0.15) is 31.2 Å². The number of hydrogen-bond acceptors (Lipinski definition) is 5. The zero-order chi connectivity index (χ0) is 16.1. The summed E-state index contributed by atoms with van der Waals surface area (Å²) in [6.45, 7) is 3.41. The molecule has 1 saturated heterocycles. The fraction of sp³-hybridized carbons (Fsp3) is 0.562. The molecule has 1 fully saturated rings. The number of nitrogens with one attached hydrogen (secondary N) is 2. The molecule has 8 heteroatoms. The average molecular weight is 464 g/mol. The van der Waals surface area contributed by atoms with Crippen molar-refractivity contribution in [3.8, 4) is 0 Å². The van der Waals surface area contributed by atoms with Crippen molar-refractivity contribution in [3.05, 3.63) is 29.8 Å². The number of aliphatic imine (C=N–C) groups is 1. The fourth-order valence-electron chi connectivity index (χ4n) is 2.98. The molecule has 2 N–H and O–H groups in total. The topological polar surface area (TPSA) is 73.8 Å². The van der Waals surface area contributed by atoms with Crippen LogP contribution in [0.3, 0.4) is 0 Å². The van der Waals surface area contributed by atoms with Crippen molar-refractivity contribution < 1.29 is 8.42 Å². The lowest BCUT2D eigenvalue weighted by Gasteiger charge is -2.27. The van der Waals surface area contributed by atoms with Crippen molar-refractivity contribution in [2.45, 2.75) is 37.1 Å². The second-order valence-corrected chi connectivity index (χ2v) is 7.84. The van der Waals surface area contributed by atoms with E-state index in [1.54, 1.807) is 16.4 Å². The number of rotatable bonds is 4. The molecule has 0 atom stereocenters. The first-order valence-corrected chi connectivity index (χ1v) is 9.72. The Morgan fingerprint density at radius 3 is 2.58 bits per heavy atom. The number of hydrogen-bond donors (Lipinski definition) is 2. The molecule has 0 bridgehead atoms. The average Bonchev–Trinajstić information content (AvgIpc) is 2.62. The summed E-state index contributed by atoms with van der Waals surface area (Å²) in [5.41, 5.74) is 0.785. The Kier molecular flexibility index (Phi) is 7.30. The Labute approximate surface area is 161 Å². The van der Waals surface area contributed by atoms with Gasteiger partial charge in [0.15, 0.2) is 5.96 Å². The van der Waals surface area contributed by atoms with Crippen molar-refractivity contribution in [3.63, 3.8) is 0 Å². The second-order valence-electron chi connectivity index (χ2n) is 5.94. The molecule has 3 rings (SSSR count). The van der Waals surface area contributed by atoms with Gasteiger partial charge < -0.3 is 10.6 Å². The lowest BCUT2D eigenvalue weighted by molar-refractivity contribution is 0.346. The molecule has 134 valence electrons. The van der Waals surface area contributed by atoms with Gasteiger partial charge in [0.1, 0.15) is 0 Å². The van der Waals surface area contributed by atoms with Gasteiger partial charge in [-0.25, -0.2) is 8.42 Å². The van der Waals surface area contributed by atoms with Gasteiger partial charge in [-0.1, -0.05) is 24.6 Å². The summed E-state index contributed by atoms with van der Waals surface area (Å²) < 4.78 is 27.4. The van der Waals surface area contributed by atoms with Crippen LogP contribution in [-0.2, 0) is 16.6 Å². The van der Waals surface area contributed by atoms with Crippen LogP contribution in [0.25, 0.3) is 0 Å². The van der Waals surface area contributed by atoms with Crippen molar-refractivity contribution >= 4 is 40.0 Å². The van der Waals surface area contributed by atoms with Gasteiger partial charge in [-0.3, -0.25) is 4.99 Å². The highest BCUT2D eigenvalue weighted by Gasteiger charge is 2.27. The summed E-state index contributed by atoms with van der Waals surface area (Å²) in [5.74, 6) is 0.751. The first-order chi connectivity index (χ1) is 11.2. The molecule has 0 radical (unpaired) electrons. The SMILES string of the molecule is I.O=S(=O)(c1ccccc1CNC1=NCCCN1)N1CCCCC1. The monoisotopic (exact) mass is 464 g/mol. The molecule has 0 saturated carbocycles. The van der Waals surface area contributed by atoms with Crippen molar-refractivity contribution in [1.29, 1.82) is 0 Å². The lowest BCUT2D eigenvalue weighted by atomic mass is 10.2. The molecule has 2 aliphatic heterocycles. The van der Waals surface area contributed by atoms with Gasteiger partial charge >= 0.3 is 0 Å². The van der Waals surface area contributed by atoms with Gasteiger partial charge in [-0.05, 0) is 30.9 Å². The highest BCUT2D eigenvalue weighted by Crippen LogP contribution is 2.23. The summed E-state index contributed by atoms with van der Waals surface area (Å²) in [5, 5.41) is 6.40. The number of piperidine rings is 1. The number of guanidine groups is 1. The van der Waals surface area contributed by atoms with Gasteiger partial charge in [-0.2, -0.15) is 4.31 Å². The molecule has 6 nitrogen and oxygen atoms in total. The van der Waals surface area contributed by atoms with Crippen LogP contribution in [0, 0.1) is 0 Å². The molecular formula is C16H25IN4O2S. The van der Waals surface area contributed by atoms with E-state index >= 15 is 0 Å². The maximum absolute atomic E-state index is 12.9. The van der Waals surface area contributed by atoms with Crippen LogP contribution in [-0.4, -0.2) is 44.9 Å². The Morgan fingerprint density at radius 2 is 1.88 bits per heavy atom. The van der Waals surface area contributed by atoms with Crippen LogP contribution in [0.4, 0.5) is 0 Å². The first-order valence-electron chi connectivity index (χ1n) is 8.28. The van der Waals surface area contributed by atoms with E-state index in [9.17, 15) is 8.42 Å². The Hall–Kier alpha value is -0.870. The van der Waals surface area contributed by atoms with E-state index in [-0.39, 0.29) is 24.0 Å². The predicted octanol–water partition coefficient (Wildman–Crippen LogP) is 1.92. The Balaban J connectivity index is 0.00000208. The molecule has 2 heterocycles. The van der Waals surface area contributed by atoms with Gasteiger partial charge in [0.2, 0.25) is 10.0 Å². The summed E-state index contributed by atoms with van der Waals surface area (Å²) in [7, 11) is -3.41. The third-order valence-electron chi connectivity index (χ3n) is 4.25.